The number of nitrogens with one attached hydrogen (secondary N) is 1. The van der Waals surface area contributed by atoms with Crippen LogP contribution in [-0.4, -0.2) is 24.4 Å². The van der Waals surface area contributed by atoms with E-state index in [1.165, 1.54) is 49.7 Å². The number of phenols is 1. The first-order valence-electron chi connectivity index (χ1n) is 8.00. The van der Waals surface area contributed by atoms with Gasteiger partial charge in [-0.15, -0.1) is 0 Å². The number of benzene rings is 1. The molecule has 1 aromatic carbocycles. The van der Waals surface area contributed by atoms with E-state index in [0.717, 1.165) is 19.6 Å². The molecule has 2 aliphatic carbocycles. The van der Waals surface area contributed by atoms with E-state index in [4.69, 9.17) is 4.74 Å². The highest BCUT2D eigenvalue weighted by Crippen LogP contribution is 2.31. The molecular weight excluding hydrogens is 250 g/mol. The average molecular weight is 275 g/mol. The molecular formula is C17H25NO2. The second kappa shape index (κ2) is 6.59. The van der Waals surface area contributed by atoms with Gasteiger partial charge in [-0.1, -0.05) is 18.9 Å². The molecule has 0 amide bonds. The third-order valence-electron chi connectivity index (χ3n) is 4.59. The molecule has 0 aromatic heterocycles. The molecule has 1 unspecified atom stereocenters. The minimum absolute atomic E-state index is 0.383. The minimum atomic E-state index is 0.383. The monoisotopic (exact) mass is 275 g/mol. The van der Waals surface area contributed by atoms with Crippen LogP contribution in [0.5, 0.6) is 5.75 Å². The van der Waals surface area contributed by atoms with Gasteiger partial charge in [0, 0.05) is 12.6 Å². The van der Waals surface area contributed by atoms with Crippen LogP contribution in [0.25, 0.3) is 0 Å². The maximum absolute atomic E-state index is 9.57. The third kappa shape index (κ3) is 3.33. The van der Waals surface area contributed by atoms with E-state index < -0.39 is 0 Å². The summed E-state index contributed by atoms with van der Waals surface area (Å²) in [6, 6.07) is 6.21. The number of hydrogen-bond acceptors (Lipinski definition) is 3. The average Bonchev–Trinajstić information content (AvgIpc) is 2.96. The van der Waals surface area contributed by atoms with Crippen LogP contribution in [0.1, 0.15) is 55.7 Å². The maximum Gasteiger partial charge on any atom is 0.115 e. The highest BCUT2D eigenvalue weighted by Gasteiger charge is 2.20. The standard InChI is InChI=1S/C17H25NO2/c19-14-8-9-16-13(12-14)4-3-7-17(16)18-10-11-20-15-5-1-2-6-15/h8-9,12,15,17-19H,1-7,10-11H2. The van der Waals surface area contributed by atoms with E-state index in [-0.39, 0.29) is 0 Å². The number of aromatic hydroxyl groups is 1. The van der Waals surface area contributed by atoms with E-state index in [1.54, 1.807) is 6.07 Å². The van der Waals surface area contributed by atoms with Gasteiger partial charge in [0.05, 0.1) is 12.7 Å². The Balaban J connectivity index is 1.48. The molecule has 1 saturated carbocycles. The van der Waals surface area contributed by atoms with Crippen LogP contribution in [0, 0.1) is 0 Å². The van der Waals surface area contributed by atoms with Crippen molar-refractivity contribution in [2.24, 2.45) is 0 Å². The minimum Gasteiger partial charge on any atom is -0.508 e. The highest BCUT2D eigenvalue weighted by molar-refractivity contribution is 5.38. The molecule has 1 atom stereocenters. The SMILES string of the molecule is Oc1ccc2c(c1)CCCC2NCCOC1CCCC1. The van der Waals surface area contributed by atoms with Gasteiger partial charge in [0.2, 0.25) is 0 Å². The number of hydrogen-bond donors (Lipinski definition) is 2. The summed E-state index contributed by atoms with van der Waals surface area (Å²) in [5, 5.41) is 13.2. The molecule has 3 rings (SSSR count). The quantitative estimate of drug-likeness (QED) is 0.810. The topological polar surface area (TPSA) is 41.5 Å². The Morgan fingerprint density at radius 1 is 1.15 bits per heavy atom. The van der Waals surface area contributed by atoms with Gasteiger partial charge >= 0.3 is 0 Å². The molecule has 0 spiro atoms. The third-order valence-corrected chi connectivity index (χ3v) is 4.59. The van der Waals surface area contributed by atoms with E-state index in [0.29, 0.717) is 17.9 Å². The van der Waals surface area contributed by atoms with Crippen molar-refractivity contribution in [1.29, 1.82) is 0 Å². The molecule has 2 N–H and O–H groups in total. The van der Waals surface area contributed by atoms with Crippen LogP contribution in [0.4, 0.5) is 0 Å². The molecule has 0 heterocycles. The van der Waals surface area contributed by atoms with Gasteiger partial charge in [0.1, 0.15) is 5.75 Å². The van der Waals surface area contributed by atoms with Crippen molar-refractivity contribution in [3.63, 3.8) is 0 Å². The van der Waals surface area contributed by atoms with Crippen molar-refractivity contribution < 1.29 is 9.84 Å². The van der Waals surface area contributed by atoms with Crippen molar-refractivity contribution in [3.05, 3.63) is 29.3 Å². The lowest BCUT2D eigenvalue weighted by Crippen LogP contribution is -2.29. The zero-order valence-corrected chi connectivity index (χ0v) is 12.1. The summed E-state index contributed by atoms with van der Waals surface area (Å²) in [4.78, 5) is 0. The van der Waals surface area contributed by atoms with Gasteiger partial charge in [0.25, 0.3) is 0 Å². The second-order valence-corrected chi connectivity index (χ2v) is 6.06. The fourth-order valence-corrected chi connectivity index (χ4v) is 3.53. The van der Waals surface area contributed by atoms with E-state index >= 15 is 0 Å². The Hall–Kier alpha value is -1.06. The first kappa shape index (κ1) is 13.9. The van der Waals surface area contributed by atoms with Crippen LogP contribution in [-0.2, 0) is 11.2 Å². The van der Waals surface area contributed by atoms with Crippen molar-refractivity contribution in [2.75, 3.05) is 13.2 Å². The Labute approximate surface area is 121 Å². The van der Waals surface area contributed by atoms with E-state index in [2.05, 4.69) is 11.4 Å². The van der Waals surface area contributed by atoms with Gasteiger partial charge in [-0.3, -0.25) is 0 Å². The van der Waals surface area contributed by atoms with Gasteiger partial charge in [-0.25, -0.2) is 0 Å². The first-order valence-corrected chi connectivity index (χ1v) is 8.00. The number of fused-ring (bicyclic) bond motifs is 1. The van der Waals surface area contributed by atoms with Crippen LogP contribution in [0.15, 0.2) is 18.2 Å². The Kier molecular flexibility index (Phi) is 4.58. The molecule has 2 aliphatic rings. The number of ether oxygens (including phenoxy) is 1. The van der Waals surface area contributed by atoms with Gasteiger partial charge in [-0.2, -0.15) is 0 Å². The molecule has 0 saturated heterocycles. The van der Waals surface area contributed by atoms with E-state index in [9.17, 15) is 5.11 Å². The molecule has 0 radical (unpaired) electrons. The van der Waals surface area contributed by atoms with Crippen LogP contribution in [0.2, 0.25) is 0 Å². The zero-order chi connectivity index (χ0) is 13.8. The Morgan fingerprint density at radius 3 is 2.85 bits per heavy atom. The maximum atomic E-state index is 9.57. The molecule has 1 aromatic rings. The van der Waals surface area contributed by atoms with Crippen molar-refractivity contribution in [2.45, 2.75) is 57.1 Å². The molecule has 110 valence electrons. The molecule has 3 heteroatoms. The van der Waals surface area contributed by atoms with Crippen molar-refractivity contribution in [1.82, 2.24) is 5.32 Å². The van der Waals surface area contributed by atoms with Crippen molar-refractivity contribution in [3.8, 4) is 5.75 Å². The lowest BCUT2D eigenvalue weighted by molar-refractivity contribution is 0.0588. The predicted octanol–water partition coefficient (Wildman–Crippen LogP) is 3.32. The highest BCUT2D eigenvalue weighted by atomic mass is 16.5. The van der Waals surface area contributed by atoms with Gasteiger partial charge in [0.15, 0.2) is 0 Å². The Bertz CT molecular complexity index is 441. The van der Waals surface area contributed by atoms with Gasteiger partial charge < -0.3 is 15.2 Å². The second-order valence-electron chi connectivity index (χ2n) is 6.06. The summed E-state index contributed by atoms with van der Waals surface area (Å²) in [7, 11) is 0. The van der Waals surface area contributed by atoms with Crippen LogP contribution in [0.3, 0.4) is 0 Å². The summed E-state index contributed by atoms with van der Waals surface area (Å²) in [5.74, 6) is 0.383. The largest absolute Gasteiger partial charge is 0.508 e. The fourth-order valence-electron chi connectivity index (χ4n) is 3.53. The summed E-state index contributed by atoms with van der Waals surface area (Å²) in [5.41, 5.74) is 2.65. The van der Waals surface area contributed by atoms with E-state index in [1.807, 2.05) is 6.07 Å². The number of phenolic OH excluding ortho intramolecular Hbond substituents is 1. The predicted molar refractivity (Wildman–Crippen MR) is 80.0 cm³/mol. The molecule has 1 fully saturated rings. The normalized spacial score (nSPS) is 22.9. The van der Waals surface area contributed by atoms with Crippen LogP contribution < -0.4 is 5.32 Å². The van der Waals surface area contributed by atoms with Crippen LogP contribution >= 0.6 is 0 Å². The summed E-state index contributed by atoms with van der Waals surface area (Å²) in [6.07, 6.45) is 9.11. The van der Waals surface area contributed by atoms with Gasteiger partial charge in [-0.05, 0) is 55.4 Å². The molecule has 0 aliphatic heterocycles. The molecule has 0 bridgehead atoms. The Morgan fingerprint density at radius 2 is 2.00 bits per heavy atom. The summed E-state index contributed by atoms with van der Waals surface area (Å²) < 4.78 is 5.90. The lowest BCUT2D eigenvalue weighted by atomic mass is 9.87. The fraction of sp³-hybridized carbons (Fsp3) is 0.647. The smallest absolute Gasteiger partial charge is 0.115 e. The lowest BCUT2D eigenvalue weighted by Gasteiger charge is -2.27. The first-order chi connectivity index (χ1) is 9.83. The molecule has 3 nitrogen and oxygen atoms in total. The molecule has 20 heavy (non-hydrogen) atoms. The zero-order valence-electron chi connectivity index (χ0n) is 12.1. The number of aryl methyl sites for hydroxylation is 1. The summed E-state index contributed by atoms with van der Waals surface area (Å²) in [6.45, 7) is 1.73. The summed E-state index contributed by atoms with van der Waals surface area (Å²) >= 11 is 0. The van der Waals surface area contributed by atoms with Crippen molar-refractivity contribution >= 4 is 0 Å². The number of rotatable bonds is 5.